The third-order valence-corrected chi connectivity index (χ3v) is 13.6. The molecule has 17 heteroatoms. The van der Waals surface area contributed by atoms with Gasteiger partial charge in [0, 0.05) is 53.4 Å². The number of ketones is 3. The monoisotopic (exact) mass is 861 g/mol. The van der Waals surface area contributed by atoms with E-state index in [2.05, 4.69) is 23.7 Å². The number of primary amides is 2. The Bertz CT molecular complexity index is 2770. The molecular weight excluding hydrogens is 819 g/mol. The number of rotatable bonds is 4. The first-order valence-corrected chi connectivity index (χ1v) is 20.1. The lowest BCUT2D eigenvalue weighted by molar-refractivity contribution is -0.144. The molecule has 0 fully saturated rings. The third-order valence-electron chi connectivity index (χ3n) is 13.6. The number of allylic oxidation sites excluding steroid dienone is 3. The number of aliphatic hydroxyl groups is 7. The van der Waals surface area contributed by atoms with Gasteiger partial charge in [0.2, 0.25) is 5.78 Å². The maximum Gasteiger partial charge on any atom is 0.255 e. The number of carbonyl (C=O) groups is 5. The predicted molar refractivity (Wildman–Crippen MR) is 218 cm³/mol. The number of carbonyl (C=O) groups excluding carboxylic acids is 5. The van der Waals surface area contributed by atoms with Gasteiger partial charge in [0.05, 0.1) is 22.7 Å². The van der Waals surface area contributed by atoms with E-state index in [1.54, 1.807) is 20.2 Å². The number of likely N-dealkylation sites (N-methyl/N-ethyl adjacent to an activating group) is 1. The van der Waals surface area contributed by atoms with Crippen LogP contribution in [0.2, 0.25) is 0 Å². The van der Waals surface area contributed by atoms with E-state index in [1.807, 2.05) is 0 Å². The molecule has 326 valence electrons. The normalized spacial score (nSPS) is 29.7. The van der Waals surface area contributed by atoms with Crippen LogP contribution in [0.4, 0.5) is 0 Å². The van der Waals surface area contributed by atoms with E-state index >= 15 is 0 Å². The second-order valence-corrected chi connectivity index (χ2v) is 17.1. The number of nitrogens with two attached hydrogens (primary N) is 2. The van der Waals surface area contributed by atoms with Crippen molar-refractivity contribution in [3.63, 3.8) is 0 Å². The zero-order valence-corrected chi connectivity index (χ0v) is 33.9. The van der Waals surface area contributed by atoms with Gasteiger partial charge in [-0.25, -0.2) is 0 Å². The Kier molecular flexibility index (Phi) is 10.1. The molecule has 0 aliphatic heterocycles. The number of hydrogen-bond acceptors (Lipinski definition) is 15. The van der Waals surface area contributed by atoms with Crippen LogP contribution in [-0.4, -0.2) is 117 Å². The van der Waals surface area contributed by atoms with Gasteiger partial charge in [-0.15, -0.1) is 0 Å². The predicted octanol–water partition coefficient (Wildman–Crippen LogP) is 0.990. The molecule has 13 N–H and O–H groups in total. The SMILES string of the molecule is CN(C)[C@@H]1C(O)=C(C(N)=O)C(O)[C@@]2(O)C(O)=C3C(=O)c4c(O)ccc(C#CCCC#Cc5ccc(O)c6c5C[C@H]5C[C@H]7CC(O)=C(C(N)=O)C(=O)[C@@]7(O)C(O)=C5C6=O)c4C[C@H]3C[C@@H]12. The molecule has 2 aromatic carbocycles. The van der Waals surface area contributed by atoms with Crippen LogP contribution in [0.3, 0.4) is 0 Å². The van der Waals surface area contributed by atoms with Gasteiger partial charge in [0.15, 0.2) is 22.8 Å². The van der Waals surface area contributed by atoms with E-state index in [0.29, 0.717) is 22.3 Å². The summed E-state index contributed by atoms with van der Waals surface area (Å²) in [6.07, 6.45) is -1.97. The van der Waals surface area contributed by atoms with Crippen LogP contribution in [-0.2, 0) is 27.2 Å². The van der Waals surface area contributed by atoms with Gasteiger partial charge in [-0.3, -0.25) is 28.9 Å². The van der Waals surface area contributed by atoms with E-state index in [1.165, 1.54) is 23.1 Å². The molecule has 0 bridgehead atoms. The zero-order valence-electron chi connectivity index (χ0n) is 33.9. The van der Waals surface area contributed by atoms with Crippen molar-refractivity contribution in [1.82, 2.24) is 4.90 Å². The van der Waals surface area contributed by atoms with Gasteiger partial charge in [-0.05, 0) is 87.0 Å². The molecule has 8 rings (SSSR count). The molecule has 0 spiro atoms. The third kappa shape index (κ3) is 6.06. The summed E-state index contributed by atoms with van der Waals surface area (Å²) in [5, 5.41) is 101. The van der Waals surface area contributed by atoms with Gasteiger partial charge in [0.25, 0.3) is 11.8 Å². The van der Waals surface area contributed by atoms with E-state index in [0.717, 1.165) is 0 Å². The Morgan fingerprint density at radius 1 is 0.746 bits per heavy atom. The Labute approximate surface area is 358 Å². The van der Waals surface area contributed by atoms with Crippen LogP contribution in [0.25, 0.3) is 0 Å². The molecule has 63 heavy (non-hydrogen) atoms. The van der Waals surface area contributed by atoms with Crippen molar-refractivity contribution < 1.29 is 69.9 Å². The number of fused-ring (bicyclic) bond motifs is 6. The minimum atomic E-state index is -2.68. The maximum atomic E-state index is 14.1. The van der Waals surface area contributed by atoms with Crippen molar-refractivity contribution in [1.29, 1.82) is 0 Å². The average Bonchev–Trinajstić information content (AvgIpc) is 3.20. The van der Waals surface area contributed by atoms with E-state index in [9.17, 15) is 69.9 Å². The highest BCUT2D eigenvalue weighted by Crippen LogP contribution is 2.54. The van der Waals surface area contributed by atoms with Crippen molar-refractivity contribution in [3.05, 3.63) is 103 Å². The smallest absolute Gasteiger partial charge is 0.255 e. The number of phenols is 2. The highest BCUT2D eigenvalue weighted by Gasteiger charge is 2.63. The van der Waals surface area contributed by atoms with E-state index in [4.69, 9.17) is 11.5 Å². The van der Waals surface area contributed by atoms with Crippen LogP contribution in [0, 0.1) is 47.4 Å². The van der Waals surface area contributed by atoms with Crippen LogP contribution in [0.15, 0.2) is 69.6 Å². The van der Waals surface area contributed by atoms with Crippen LogP contribution in [0.5, 0.6) is 11.5 Å². The van der Waals surface area contributed by atoms with Crippen LogP contribution >= 0.6 is 0 Å². The summed E-state index contributed by atoms with van der Waals surface area (Å²) in [7, 11) is 3.14. The van der Waals surface area contributed by atoms with Gasteiger partial charge >= 0.3 is 0 Å². The molecule has 0 saturated carbocycles. The maximum absolute atomic E-state index is 14.1. The topological polar surface area (TPSA) is 323 Å². The molecule has 0 heterocycles. The largest absolute Gasteiger partial charge is 0.511 e. The molecule has 0 radical (unpaired) electrons. The molecule has 8 atom stereocenters. The van der Waals surface area contributed by atoms with Crippen molar-refractivity contribution in [3.8, 4) is 35.2 Å². The second kappa shape index (κ2) is 14.9. The molecule has 2 amide bonds. The summed E-state index contributed by atoms with van der Waals surface area (Å²) in [5.41, 5.74) is 4.65. The highest BCUT2D eigenvalue weighted by molar-refractivity contribution is 6.24. The Balaban J connectivity index is 1.04. The van der Waals surface area contributed by atoms with E-state index < -0.39 is 122 Å². The number of nitrogens with zero attached hydrogens (tertiary/aromatic N) is 1. The summed E-state index contributed by atoms with van der Waals surface area (Å²) in [5.74, 6) is -0.877. The fourth-order valence-electron chi connectivity index (χ4n) is 10.7. The first-order chi connectivity index (χ1) is 29.7. The molecule has 1 unspecified atom stereocenters. The zero-order chi connectivity index (χ0) is 45.8. The summed E-state index contributed by atoms with van der Waals surface area (Å²) < 4.78 is 0. The number of unbranched alkanes of at least 4 members (excludes halogenated alkanes) is 1. The highest BCUT2D eigenvalue weighted by atomic mass is 16.4. The van der Waals surface area contributed by atoms with Crippen molar-refractivity contribution >= 4 is 29.2 Å². The second-order valence-electron chi connectivity index (χ2n) is 17.1. The molecule has 17 nitrogen and oxygen atoms in total. The molecule has 6 aliphatic carbocycles. The lowest BCUT2D eigenvalue weighted by Gasteiger charge is -2.53. The number of phenolic OH excluding ortho intramolecular Hbond substituents is 2. The standard InChI is InChI=1S/C46H43N3O14/c1-49(2)35-25-16-21-15-24-19(10-12-27(51)32(24)37(54)30(21)40(57)46(25,63)42(59)34(38(35)55)44(48)61)8-6-4-3-5-7-18-9-11-26(50)31-23(18)14-20-13-22-17-28(52)33(43(47)60)41(58)45(22,62)39(56)29(20)36(31)53/h9-12,20-22,25,35,42,50-52,55-57,59,62-63H,3-4,13-17H2,1-2H3,(H2,47,60)(H2,48,61)/t20-,21+,22+,25+,35+,42?,45+,46+/m1/s1. The van der Waals surface area contributed by atoms with Crippen molar-refractivity contribution in [2.24, 2.45) is 35.1 Å². The average molecular weight is 862 g/mol. The Morgan fingerprint density at radius 2 is 1.25 bits per heavy atom. The van der Waals surface area contributed by atoms with Crippen LogP contribution in [0.1, 0.15) is 75.1 Å². The number of benzene rings is 2. The number of aliphatic hydroxyl groups excluding tert-OH is 5. The first kappa shape index (κ1) is 42.8. The first-order valence-electron chi connectivity index (χ1n) is 20.1. The van der Waals surface area contributed by atoms with Gasteiger partial charge in [0.1, 0.15) is 46.2 Å². The fourth-order valence-corrected chi connectivity index (χ4v) is 10.7. The Hall–Kier alpha value is -6.89. The van der Waals surface area contributed by atoms with Crippen molar-refractivity contribution in [2.75, 3.05) is 14.1 Å². The van der Waals surface area contributed by atoms with Gasteiger partial charge in [-0.2, -0.15) is 0 Å². The number of amides is 2. The van der Waals surface area contributed by atoms with E-state index in [-0.39, 0.29) is 67.2 Å². The minimum Gasteiger partial charge on any atom is -0.511 e. The number of hydrogen-bond donors (Lipinski definition) is 11. The summed E-state index contributed by atoms with van der Waals surface area (Å²) in [6, 6.07) is 4.52. The molecule has 0 saturated heterocycles. The Morgan fingerprint density at radius 3 is 1.75 bits per heavy atom. The summed E-state index contributed by atoms with van der Waals surface area (Å²) in [6.45, 7) is 0. The molecule has 6 aliphatic rings. The summed E-state index contributed by atoms with van der Waals surface area (Å²) >= 11 is 0. The van der Waals surface area contributed by atoms with Crippen molar-refractivity contribution in [2.45, 2.75) is 68.3 Å². The molecule has 0 aromatic heterocycles. The minimum absolute atomic E-state index is 0.0253. The lowest BCUT2D eigenvalue weighted by Crippen LogP contribution is -2.65. The number of aromatic hydroxyl groups is 2. The number of Topliss-reactive ketones (excluding diaryl/α,β-unsaturated/α-hetero) is 3. The summed E-state index contributed by atoms with van der Waals surface area (Å²) in [4.78, 5) is 66.9. The molecular formula is C46H43N3O14. The fraction of sp³-hybridized carbons (Fsp3) is 0.370. The quantitative estimate of drug-likeness (QED) is 0.116. The van der Waals surface area contributed by atoms with Gasteiger partial charge in [-0.1, -0.05) is 23.7 Å². The van der Waals surface area contributed by atoms with Gasteiger partial charge < -0.3 is 57.4 Å². The molecule has 2 aromatic rings. The lowest BCUT2D eigenvalue weighted by atomic mass is 9.58. The van der Waals surface area contributed by atoms with Crippen LogP contribution < -0.4 is 11.5 Å².